The summed E-state index contributed by atoms with van der Waals surface area (Å²) in [6.45, 7) is 0. The van der Waals surface area contributed by atoms with E-state index in [1.807, 2.05) is 0 Å². The first-order valence-electron chi connectivity index (χ1n) is 5.93. The zero-order chi connectivity index (χ0) is 10.8. The molecular formula is C16H15. The van der Waals surface area contributed by atoms with E-state index >= 15 is 0 Å². The average Bonchev–Trinajstić information content (AvgIpc) is 3.17. The van der Waals surface area contributed by atoms with Crippen LogP contribution in [0.15, 0.2) is 60.7 Å². The first-order chi connectivity index (χ1) is 7.95. The van der Waals surface area contributed by atoms with E-state index in [4.69, 9.17) is 0 Å². The van der Waals surface area contributed by atoms with E-state index < -0.39 is 0 Å². The van der Waals surface area contributed by atoms with Gasteiger partial charge in [0.1, 0.15) is 0 Å². The molecule has 0 aromatic heterocycles. The lowest BCUT2D eigenvalue weighted by Gasteiger charge is -2.16. The predicted molar refractivity (Wildman–Crippen MR) is 67.1 cm³/mol. The Morgan fingerprint density at radius 2 is 1.12 bits per heavy atom. The topological polar surface area (TPSA) is 0 Å². The van der Waals surface area contributed by atoms with Gasteiger partial charge in [-0.3, -0.25) is 0 Å². The fraction of sp³-hybridized carbons (Fsp3) is 0.188. The molecule has 1 radical (unpaired) electrons. The zero-order valence-electron chi connectivity index (χ0n) is 9.27. The molecule has 2 aromatic rings. The zero-order valence-corrected chi connectivity index (χ0v) is 9.27. The minimum Gasteiger partial charge on any atom is -0.0622 e. The van der Waals surface area contributed by atoms with Gasteiger partial charge >= 0.3 is 0 Å². The first-order valence-corrected chi connectivity index (χ1v) is 5.93. The molecule has 1 fully saturated rings. The van der Waals surface area contributed by atoms with E-state index in [2.05, 4.69) is 60.7 Å². The highest BCUT2D eigenvalue weighted by Gasteiger charge is 2.33. The molecule has 0 N–H and O–H groups in total. The fourth-order valence-electron chi connectivity index (χ4n) is 2.25. The summed E-state index contributed by atoms with van der Waals surface area (Å²) in [4.78, 5) is 0. The third kappa shape index (κ3) is 1.88. The maximum Gasteiger partial charge on any atom is 0.0370 e. The minimum atomic E-state index is 0.782. The second-order valence-corrected chi connectivity index (χ2v) is 4.42. The first kappa shape index (κ1) is 9.65. The molecule has 0 saturated heterocycles. The average molecular weight is 207 g/mol. The molecule has 0 amide bonds. The van der Waals surface area contributed by atoms with Crippen molar-refractivity contribution in [3.63, 3.8) is 0 Å². The Morgan fingerprint density at radius 1 is 0.688 bits per heavy atom. The molecule has 79 valence electrons. The summed E-state index contributed by atoms with van der Waals surface area (Å²) in [5, 5.41) is 0. The monoisotopic (exact) mass is 207 g/mol. The van der Waals surface area contributed by atoms with Crippen LogP contribution in [0.3, 0.4) is 0 Å². The van der Waals surface area contributed by atoms with Crippen LogP contribution >= 0.6 is 0 Å². The Bertz CT molecular complexity index is 400. The lowest BCUT2D eigenvalue weighted by Crippen LogP contribution is -2.04. The Hall–Kier alpha value is -1.56. The van der Waals surface area contributed by atoms with Crippen LogP contribution < -0.4 is 0 Å². The third-order valence-corrected chi connectivity index (χ3v) is 3.16. The van der Waals surface area contributed by atoms with Crippen LogP contribution in [-0.2, 0) is 0 Å². The van der Waals surface area contributed by atoms with Crippen LogP contribution in [-0.4, -0.2) is 0 Å². The highest BCUT2D eigenvalue weighted by atomic mass is 14.4. The Balaban J connectivity index is 1.99. The van der Waals surface area contributed by atoms with Crippen molar-refractivity contribution in [2.24, 2.45) is 5.92 Å². The van der Waals surface area contributed by atoms with Gasteiger partial charge in [-0.2, -0.15) is 0 Å². The smallest absolute Gasteiger partial charge is 0.0370 e. The van der Waals surface area contributed by atoms with Crippen molar-refractivity contribution in [1.82, 2.24) is 0 Å². The maximum absolute atomic E-state index is 2.22. The Kier molecular flexibility index (Phi) is 2.49. The van der Waals surface area contributed by atoms with Crippen molar-refractivity contribution in [2.75, 3.05) is 0 Å². The summed E-state index contributed by atoms with van der Waals surface area (Å²) in [6, 6.07) is 21.6. The lowest BCUT2D eigenvalue weighted by molar-refractivity contribution is 0.907. The number of hydrogen-bond donors (Lipinski definition) is 0. The normalized spacial score (nSPS) is 15.3. The summed E-state index contributed by atoms with van der Waals surface area (Å²) in [5.41, 5.74) is 2.77. The molecule has 1 aliphatic carbocycles. The summed E-state index contributed by atoms with van der Waals surface area (Å²) in [6.07, 6.45) is 2.69. The standard InChI is InChI=1S/C16H15/c1-3-7-13(8-4-1)16(15-11-12-15)14-9-5-2-6-10-14/h1-10,15H,11-12H2. The van der Waals surface area contributed by atoms with E-state index in [1.54, 1.807) is 0 Å². The molecule has 0 unspecified atom stereocenters. The van der Waals surface area contributed by atoms with Gasteiger partial charge in [0.15, 0.2) is 0 Å². The van der Waals surface area contributed by atoms with Crippen LogP contribution in [0.2, 0.25) is 0 Å². The van der Waals surface area contributed by atoms with E-state index in [-0.39, 0.29) is 0 Å². The van der Waals surface area contributed by atoms with Crippen molar-refractivity contribution in [1.29, 1.82) is 0 Å². The van der Waals surface area contributed by atoms with Gasteiger partial charge < -0.3 is 0 Å². The van der Waals surface area contributed by atoms with Gasteiger partial charge in [-0.1, -0.05) is 60.7 Å². The molecule has 0 heteroatoms. The van der Waals surface area contributed by atoms with E-state index in [1.165, 1.54) is 29.9 Å². The van der Waals surface area contributed by atoms with Crippen molar-refractivity contribution >= 4 is 0 Å². The second kappa shape index (κ2) is 4.13. The Morgan fingerprint density at radius 3 is 1.50 bits per heavy atom. The molecule has 0 aliphatic heterocycles. The fourth-order valence-corrected chi connectivity index (χ4v) is 2.25. The molecule has 0 spiro atoms. The summed E-state index contributed by atoms with van der Waals surface area (Å²) >= 11 is 0. The Labute approximate surface area is 96.9 Å². The molecule has 0 nitrogen and oxygen atoms in total. The predicted octanol–water partition coefficient (Wildman–Crippen LogP) is 4.07. The van der Waals surface area contributed by atoms with Gasteiger partial charge in [0.2, 0.25) is 0 Å². The largest absolute Gasteiger partial charge is 0.0622 e. The molecule has 2 aromatic carbocycles. The van der Waals surface area contributed by atoms with Crippen LogP contribution in [0.5, 0.6) is 0 Å². The van der Waals surface area contributed by atoms with Crippen molar-refractivity contribution in [3.8, 4) is 0 Å². The van der Waals surface area contributed by atoms with Crippen molar-refractivity contribution in [2.45, 2.75) is 12.8 Å². The highest BCUT2D eigenvalue weighted by molar-refractivity contribution is 5.47. The highest BCUT2D eigenvalue weighted by Crippen LogP contribution is 2.45. The van der Waals surface area contributed by atoms with Crippen molar-refractivity contribution < 1.29 is 0 Å². The number of benzene rings is 2. The number of rotatable bonds is 3. The maximum atomic E-state index is 2.22. The molecule has 0 bridgehead atoms. The molecule has 3 rings (SSSR count). The van der Waals surface area contributed by atoms with E-state index in [0.717, 1.165) is 5.92 Å². The molecular weight excluding hydrogens is 192 g/mol. The SMILES string of the molecule is c1ccc([C](c2ccccc2)C2CC2)cc1. The van der Waals surface area contributed by atoms with Gasteiger partial charge in [0, 0.05) is 5.92 Å². The second-order valence-electron chi connectivity index (χ2n) is 4.42. The summed E-state index contributed by atoms with van der Waals surface area (Å²) in [5.74, 6) is 2.31. The number of hydrogen-bond acceptors (Lipinski definition) is 0. The van der Waals surface area contributed by atoms with E-state index in [0.29, 0.717) is 0 Å². The van der Waals surface area contributed by atoms with Crippen LogP contribution in [0.25, 0.3) is 0 Å². The molecule has 16 heavy (non-hydrogen) atoms. The van der Waals surface area contributed by atoms with Crippen LogP contribution in [0.4, 0.5) is 0 Å². The van der Waals surface area contributed by atoms with Gasteiger partial charge in [-0.05, 0) is 29.9 Å². The summed E-state index contributed by atoms with van der Waals surface area (Å²) in [7, 11) is 0. The van der Waals surface area contributed by atoms with Crippen LogP contribution in [0, 0.1) is 11.8 Å². The van der Waals surface area contributed by atoms with Gasteiger partial charge in [-0.25, -0.2) is 0 Å². The quantitative estimate of drug-likeness (QED) is 0.711. The molecule has 1 aliphatic rings. The van der Waals surface area contributed by atoms with Gasteiger partial charge in [0.25, 0.3) is 0 Å². The molecule has 0 heterocycles. The summed E-state index contributed by atoms with van der Waals surface area (Å²) < 4.78 is 0. The molecule has 1 saturated carbocycles. The van der Waals surface area contributed by atoms with Crippen LogP contribution in [0.1, 0.15) is 24.0 Å². The van der Waals surface area contributed by atoms with Gasteiger partial charge in [-0.15, -0.1) is 0 Å². The lowest BCUT2D eigenvalue weighted by atomic mass is 9.87. The van der Waals surface area contributed by atoms with Gasteiger partial charge in [0.05, 0.1) is 0 Å². The van der Waals surface area contributed by atoms with E-state index in [9.17, 15) is 0 Å². The van der Waals surface area contributed by atoms with Crippen molar-refractivity contribution in [3.05, 3.63) is 77.7 Å². The third-order valence-electron chi connectivity index (χ3n) is 3.16. The molecule has 0 atom stereocenters. The minimum absolute atomic E-state index is 0.782.